The van der Waals surface area contributed by atoms with Crippen molar-refractivity contribution in [2.75, 3.05) is 32.2 Å². The molecule has 8 heteroatoms. The van der Waals surface area contributed by atoms with Crippen molar-refractivity contribution >= 4 is 38.5 Å². The second-order valence-corrected chi connectivity index (χ2v) is 6.79. The minimum Gasteiger partial charge on any atom is -0.464 e. The van der Waals surface area contributed by atoms with Crippen LogP contribution in [0.15, 0.2) is 28.7 Å². The van der Waals surface area contributed by atoms with Gasteiger partial charge in [0, 0.05) is 28.5 Å². The molecule has 1 saturated heterocycles. The van der Waals surface area contributed by atoms with Crippen LogP contribution >= 0.6 is 15.9 Å². The zero-order valence-corrected chi connectivity index (χ0v) is 15.1. The standard InChI is InChI=1S/C17H17BrF2N2O3/c1-24-16(23)15-7-14(12-6-11(18)2-3-13(12)22-15)21-8-10-9-25-5-4-17(10,19)20/h2-3,6-7,10H,4-5,8-9H2,1H3,(H,21,22). The fourth-order valence-electron chi connectivity index (χ4n) is 2.75. The minimum absolute atomic E-state index is 0.00340. The van der Waals surface area contributed by atoms with Crippen molar-refractivity contribution in [3.63, 3.8) is 0 Å². The van der Waals surface area contributed by atoms with E-state index in [1.165, 1.54) is 13.2 Å². The highest BCUT2D eigenvalue weighted by Gasteiger charge is 2.42. The molecule has 0 amide bonds. The zero-order valence-electron chi connectivity index (χ0n) is 13.5. The number of alkyl halides is 2. The number of pyridine rings is 1. The van der Waals surface area contributed by atoms with Gasteiger partial charge in [-0.25, -0.2) is 18.6 Å². The number of hydrogen-bond donors (Lipinski definition) is 1. The van der Waals surface area contributed by atoms with Gasteiger partial charge in [0.15, 0.2) is 5.69 Å². The number of esters is 1. The van der Waals surface area contributed by atoms with E-state index in [0.717, 1.165) is 9.86 Å². The number of methoxy groups -OCH3 is 1. The average Bonchev–Trinajstić information content (AvgIpc) is 2.59. The number of carbonyl (C=O) groups is 1. The molecule has 1 N–H and O–H groups in total. The van der Waals surface area contributed by atoms with Crippen LogP contribution in [-0.2, 0) is 9.47 Å². The molecule has 134 valence electrons. The Bertz CT molecular complexity index is 801. The molecule has 0 bridgehead atoms. The highest BCUT2D eigenvalue weighted by molar-refractivity contribution is 9.10. The van der Waals surface area contributed by atoms with Crippen LogP contribution in [0.2, 0.25) is 0 Å². The summed E-state index contributed by atoms with van der Waals surface area (Å²) in [5.74, 6) is -4.29. The molecule has 1 fully saturated rings. The Morgan fingerprint density at radius 3 is 3.00 bits per heavy atom. The summed E-state index contributed by atoms with van der Waals surface area (Å²) in [7, 11) is 1.27. The Balaban J connectivity index is 1.93. The number of fused-ring (bicyclic) bond motifs is 1. The number of aromatic nitrogens is 1. The number of nitrogens with zero attached hydrogens (tertiary/aromatic N) is 1. The molecule has 25 heavy (non-hydrogen) atoms. The van der Waals surface area contributed by atoms with Crippen molar-refractivity contribution in [3.05, 3.63) is 34.4 Å². The van der Waals surface area contributed by atoms with Crippen molar-refractivity contribution in [1.82, 2.24) is 4.98 Å². The Labute approximate surface area is 151 Å². The van der Waals surface area contributed by atoms with E-state index in [9.17, 15) is 13.6 Å². The normalized spacial score (nSPS) is 19.6. The number of carbonyl (C=O) groups excluding carboxylic acids is 1. The predicted octanol–water partition coefficient (Wildman–Crippen LogP) is 3.87. The van der Waals surface area contributed by atoms with Gasteiger partial charge in [0.05, 0.1) is 31.8 Å². The molecular formula is C17H17BrF2N2O3. The topological polar surface area (TPSA) is 60.5 Å². The molecule has 2 aromatic rings. The number of rotatable bonds is 4. The molecule has 2 heterocycles. The van der Waals surface area contributed by atoms with Gasteiger partial charge in [-0.2, -0.15) is 0 Å². The number of ether oxygens (including phenoxy) is 2. The Morgan fingerprint density at radius 2 is 2.28 bits per heavy atom. The van der Waals surface area contributed by atoms with Crippen molar-refractivity contribution in [1.29, 1.82) is 0 Å². The minimum atomic E-state index is -2.78. The van der Waals surface area contributed by atoms with Gasteiger partial charge in [0.2, 0.25) is 0 Å². The second kappa shape index (κ2) is 7.21. The third-order valence-electron chi connectivity index (χ3n) is 4.20. The molecule has 0 radical (unpaired) electrons. The van der Waals surface area contributed by atoms with Gasteiger partial charge in [-0.1, -0.05) is 15.9 Å². The molecule has 0 spiro atoms. The Kier molecular flexibility index (Phi) is 5.19. The highest BCUT2D eigenvalue weighted by atomic mass is 79.9. The highest BCUT2D eigenvalue weighted by Crippen LogP contribution is 2.33. The summed E-state index contributed by atoms with van der Waals surface area (Å²) in [5.41, 5.74) is 1.24. The maximum Gasteiger partial charge on any atom is 0.356 e. The molecule has 1 aromatic carbocycles. The maximum absolute atomic E-state index is 14.0. The molecule has 1 aliphatic heterocycles. The lowest BCUT2D eigenvalue weighted by Crippen LogP contribution is -2.41. The van der Waals surface area contributed by atoms with Gasteiger partial charge in [-0.3, -0.25) is 0 Å². The van der Waals surface area contributed by atoms with E-state index >= 15 is 0 Å². The summed E-state index contributed by atoms with van der Waals surface area (Å²) in [6, 6.07) is 6.88. The van der Waals surface area contributed by atoms with Crippen LogP contribution in [0.25, 0.3) is 10.9 Å². The van der Waals surface area contributed by atoms with E-state index in [2.05, 4.69) is 26.2 Å². The molecule has 0 aliphatic carbocycles. The average molecular weight is 415 g/mol. The summed E-state index contributed by atoms with van der Waals surface area (Å²) in [6.45, 7) is 0.0942. The van der Waals surface area contributed by atoms with Gasteiger partial charge < -0.3 is 14.8 Å². The fraction of sp³-hybridized carbons (Fsp3) is 0.412. The Hall–Kier alpha value is -1.80. The molecule has 1 aliphatic rings. The van der Waals surface area contributed by atoms with Crippen LogP contribution < -0.4 is 5.32 Å². The molecule has 1 aromatic heterocycles. The molecule has 0 saturated carbocycles. The zero-order chi connectivity index (χ0) is 18.0. The van der Waals surface area contributed by atoms with E-state index in [0.29, 0.717) is 11.2 Å². The lowest BCUT2D eigenvalue weighted by molar-refractivity contribution is -0.136. The molecular weight excluding hydrogens is 398 g/mol. The van der Waals surface area contributed by atoms with Crippen molar-refractivity contribution in [3.8, 4) is 0 Å². The number of anilines is 1. The van der Waals surface area contributed by atoms with E-state index in [1.54, 1.807) is 12.1 Å². The number of benzene rings is 1. The lowest BCUT2D eigenvalue weighted by atomic mass is 9.97. The first-order valence-corrected chi connectivity index (χ1v) is 8.58. The van der Waals surface area contributed by atoms with Crippen LogP contribution in [0.5, 0.6) is 0 Å². The van der Waals surface area contributed by atoms with Crippen LogP contribution in [0.1, 0.15) is 16.9 Å². The van der Waals surface area contributed by atoms with Gasteiger partial charge >= 0.3 is 5.97 Å². The van der Waals surface area contributed by atoms with Gasteiger partial charge in [0.1, 0.15) is 0 Å². The summed E-state index contributed by atoms with van der Waals surface area (Å²) in [6.07, 6.45) is -0.282. The third kappa shape index (κ3) is 3.90. The SMILES string of the molecule is COC(=O)c1cc(NCC2COCCC2(F)F)c2cc(Br)ccc2n1. The second-order valence-electron chi connectivity index (χ2n) is 5.87. The molecule has 5 nitrogen and oxygen atoms in total. The first-order valence-electron chi connectivity index (χ1n) is 7.79. The first-order chi connectivity index (χ1) is 11.9. The quantitative estimate of drug-likeness (QED) is 0.769. The van der Waals surface area contributed by atoms with Gasteiger partial charge in [-0.15, -0.1) is 0 Å². The third-order valence-corrected chi connectivity index (χ3v) is 4.69. The summed E-state index contributed by atoms with van der Waals surface area (Å²) >= 11 is 3.39. The summed E-state index contributed by atoms with van der Waals surface area (Å²) < 4.78 is 38.7. The number of halogens is 3. The van der Waals surface area contributed by atoms with Crippen LogP contribution in [-0.4, -0.2) is 43.7 Å². The van der Waals surface area contributed by atoms with E-state index in [1.807, 2.05) is 6.07 Å². The van der Waals surface area contributed by atoms with Crippen LogP contribution in [0, 0.1) is 5.92 Å². The van der Waals surface area contributed by atoms with Crippen molar-refractivity contribution in [2.24, 2.45) is 5.92 Å². The lowest BCUT2D eigenvalue weighted by Gasteiger charge is -2.31. The van der Waals surface area contributed by atoms with Crippen molar-refractivity contribution in [2.45, 2.75) is 12.3 Å². The maximum atomic E-state index is 14.0. The van der Waals surface area contributed by atoms with Gasteiger partial charge in [0.25, 0.3) is 5.92 Å². The van der Waals surface area contributed by atoms with E-state index in [-0.39, 0.29) is 31.9 Å². The van der Waals surface area contributed by atoms with E-state index in [4.69, 9.17) is 9.47 Å². The smallest absolute Gasteiger partial charge is 0.356 e. The summed E-state index contributed by atoms with van der Waals surface area (Å²) in [4.78, 5) is 16.1. The monoisotopic (exact) mass is 414 g/mol. The van der Waals surface area contributed by atoms with Crippen LogP contribution in [0.3, 0.4) is 0 Å². The Morgan fingerprint density at radius 1 is 1.48 bits per heavy atom. The number of nitrogens with one attached hydrogen (secondary N) is 1. The fourth-order valence-corrected chi connectivity index (χ4v) is 3.12. The molecule has 1 atom stereocenters. The predicted molar refractivity (Wildman–Crippen MR) is 93.1 cm³/mol. The van der Waals surface area contributed by atoms with E-state index < -0.39 is 17.8 Å². The van der Waals surface area contributed by atoms with Gasteiger partial charge in [-0.05, 0) is 24.3 Å². The van der Waals surface area contributed by atoms with Crippen molar-refractivity contribution < 1.29 is 23.0 Å². The first kappa shape index (κ1) is 18.0. The molecule has 3 rings (SSSR count). The largest absolute Gasteiger partial charge is 0.464 e. The number of hydrogen-bond acceptors (Lipinski definition) is 5. The molecule has 1 unspecified atom stereocenters. The van der Waals surface area contributed by atoms with Crippen LogP contribution in [0.4, 0.5) is 14.5 Å². The summed E-state index contributed by atoms with van der Waals surface area (Å²) in [5, 5.41) is 3.76.